The fraction of sp³-hybridized carbons (Fsp3) is 0.632. The minimum Gasteiger partial charge on any atom is -0.489 e. The zero-order chi connectivity index (χ0) is 14.9. The van der Waals surface area contributed by atoms with Crippen LogP contribution in [0.1, 0.15) is 70.3 Å². The minimum atomic E-state index is -0.166. The number of hydrogen-bond donors (Lipinski definition) is 0. The summed E-state index contributed by atoms with van der Waals surface area (Å²) >= 11 is 0. The van der Waals surface area contributed by atoms with Crippen LogP contribution in [0.5, 0.6) is 5.75 Å². The van der Waals surface area contributed by atoms with Gasteiger partial charge in [-0.05, 0) is 30.4 Å². The van der Waals surface area contributed by atoms with Crippen LogP contribution in [-0.2, 0) is 4.79 Å². The highest BCUT2D eigenvalue weighted by Gasteiger charge is 2.55. The Morgan fingerprint density at radius 3 is 2.38 bits per heavy atom. The molecule has 0 radical (unpaired) electrons. The van der Waals surface area contributed by atoms with Gasteiger partial charge in [-0.3, -0.25) is 4.79 Å². The zero-order valence-electron chi connectivity index (χ0n) is 13.2. The molecule has 0 saturated heterocycles. The lowest BCUT2D eigenvalue weighted by atomic mass is 9.60. The largest absolute Gasteiger partial charge is 0.489 e. The number of ketones is 1. The Morgan fingerprint density at radius 2 is 1.76 bits per heavy atom. The molecule has 1 aromatic carbocycles. The second-order valence-electron chi connectivity index (χ2n) is 7.00. The molecule has 1 atom stereocenters. The molecule has 2 nitrogen and oxygen atoms in total. The van der Waals surface area contributed by atoms with E-state index in [1.807, 2.05) is 6.07 Å². The molecule has 1 aromatic rings. The van der Waals surface area contributed by atoms with Gasteiger partial charge in [0.1, 0.15) is 17.6 Å². The Labute approximate surface area is 127 Å². The van der Waals surface area contributed by atoms with Crippen LogP contribution >= 0.6 is 0 Å². The van der Waals surface area contributed by atoms with Gasteiger partial charge in [-0.1, -0.05) is 57.7 Å². The third-order valence-electron chi connectivity index (χ3n) is 5.35. The maximum atomic E-state index is 12.3. The van der Waals surface area contributed by atoms with E-state index < -0.39 is 0 Å². The molecule has 2 heteroatoms. The second kappa shape index (κ2) is 5.82. The summed E-state index contributed by atoms with van der Waals surface area (Å²) in [6.45, 7) is 4.38. The first-order chi connectivity index (χ1) is 10.1. The first kappa shape index (κ1) is 14.6. The van der Waals surface area contributed by atoms with Crippen molar-refractivity contribution in [2.75, 3.05) is 0 Å². The number of carbonyl (C=O) groups excluding carboxylic acids is 1. The number of rotatable bonds is 3. The number of ether oxygens (including phenoxy) is 1. The van der Waals surface area contributed by atoms with Crippen molar-refractivity contribution in [1.29, 1.82) is 0 Å². The number of Topliss-reactive ketones (excluding diaryl/α,β-unsaturated/α-hetero) is 1. The summed E-state index contributed by atoms with van der Waals surface area (Å²) in [5, 5.41) is 0. The Balaban J connectivity index is 1.80. The fourth-order valence-electron chi connectivity index (χ4n) is 3.95. The third kappa shape index (κ3) is 2.61. The van der Waals surface area contributed by atoms with E-state index in [0.717, 1.165) is 18.6 Å². The lowest BCUT2D eigenvalue weighted by Crippen LogP contribution is -2.56. The van der Waals surface area contributed by atoms with E-state index in [4.69, 9.17) is 4.74 Å². The van der Waals surface area contributed by atoms with Crippen LogP contribution in [0.3, 0.4) is 0 Å². The topological polar surface area (TPSA) is 26.3 Å². The van der Waals surface area contributed by atoms with Crippen molar-refractivity contribution in [3.05, 3.63) is 29.8 Å². The van der Waals surface area contributed by atoms with Crippen LogP contribution in [0.4, 0.5) is 0 Å². The van der Waals surface area contributed by atoms with E-state index in [2.05, 4.69) is 32.0 Å². The third-order valence-corrected chi connectivity index (χ3v) is 5.35. The van der Waals surface area contributed by atoms with Gasteiger partial charge in [0, 0.05) is 6.42 Å². The highest BCUT2D eigenvalue weighted by Crippen LogP contribution is 2.50. The normalized spacial score (nSPS) is 24.7. The van der Waals surface area contributed by atoms with Crippen molar-refractivity contribution in [3.8, 4) is 5.75 Å². The predicted octanol–water partition coefficient (Wildman–Crippen LogP) is 4.87. The summed E-state index contributed by atoms with van der Waals surface area (Å²) in [7, 11) is 0. The van der Waals surface area contributed by atoms with Gasteiger partial charge in [-0.25, -0.2) is 0 Å². The molecule has 0 amide bonds. The van der Waals surface area contributed by atoms with E-state index in [0.29, 0.717) is 18.1 Å². The fourth-order valence-corrected chi connectivity index (χ4v) is 3.95. The molecular formula is C19H26O2. The predicted molar refractivity (Wildman–Crippen MR) is 84.7 cm³/mol. The summed E-state index contributed by atoms with van der Waals surface area (Å²) in [6.07, 6.45) is 7.65. The van der Waals surface area contributed by atoms with Gasteiger partial charge in [0.15, 0.2) is 0 Å². The zero-order valence-corrected chi connectivity index (χ0v) is 13.2. The molecule has 0 aliphatic heterocycles. The average molecular weight is 286 g/mol. The SMILES string of the molecule is CC(C)c1ccccc1OC1CC(=O)C12CCCCCC2. The molecule has 0 bridgehead atoms. The molecule has 114 valence electrons. The summed E-state index contributed by atoms with van der Waals surface area (Å²) in [5.74, 6) is 1.87. The molecule has 0 aromatic heterocycles. The molecule has 1 unspecified atom stereocenters. The van der Waals surface area contributed by atoms with E-state index in [1.54, 1.807) is 0 Å². The molecule has 2 fully saturated rings. The van der Waals surface area contributed by atoms with Gasteiger partial charge in [-0.15, -0.1) is 0 Å². The van der Waals surface area contributed by atoms with Crippen molar-refractivity contribution in [2.45, 2.75) is 70.8 Å². The van der Waals surface area contributed by atoms with Crippen molar-refractivity contribution in [3.63, 3.8) is 0 Å². The van der Waals surface area contributed by atoms with Gasteiger partial charge in [-0.2, -0.15) is 0 Å². The first-order valence-corrected chi connectivity index (χ1v) is 8.42. The van der Waals surface area contributed by atoms with Gasteiger partial charge in [0.2, 0.25) is 0 Å². The van der Waals surface area contributed by atoms with Crippen molar-refractivity contribution < 1.29 is 9.53 Å². The molecular weight excluding hydrogens is 260 g/mol. The monoisotopic (exact) mass is 286 g/mol. The molecule has 0 heterocycles. The van der Waals surface area contributed by atoms with Crippen LogP contribution in [0.25, 0.3) is 0 Å². The first-order valence-electron chi connectivity index (χ1n) is 8.42. The highest BCUT2D eigenvalue weighted by atomic mass is 16.5. The molecule has 3 rings (SSSR count). The van der Waals surface area contributed by atoms with Crippen LogP contribution in [0.2, 0.25) is 0 Å². The van der Waals surface area contributed by atoms with Gasteiger partial charge in [0.05, 0.1) is 5.41 Å². The van der Waals surface area contributed by atoms with Crippen LogP contribution < -0.4 is 4.74 Å². The number of benzene rings is 1. The number of para-hydroxylation sites is 1. The quantitative estimate of drug-likeness (QED) is 0.792. The lowest BCUT2D eigenvalue weighted by Gasteiger charge is -2.47. The summed E-state index contributed by atoms with van der Waals surface area (Å²) in [5.41, 5.74) is 1.08. The Bertz CT molecular complexity index is 510. The smallest absolute Gasteiger partial charge is 0.146 e. The summed E-state index contributed by atoms with van der Waals surface area (Å²) in [6, 6.07) is 8.29. The highest BCUT2D eigenvalue weighted by molar-refractivity contribution is 5.92. The maximum absolute atomic E-state index is 12.3. The molecule has 2 saturated carbocycles. The van der Waals surface area contributed by atoms with E-state index >= 15 is 0 Å². The molecule has 2 aliphatic carbocycles. The second-order valence-corrected chi connectivity index (χ2v) is 7.00. The van der Waals surface area contributed by atoms with E-state index in [-0.39, 0.29) is 11.5 Å². The molecule has 0 N–H and O–H groups in total. The standard InChI is InChI=1S/C19H26O2/c1-14(2)15-9-5-6-10-16(15)21-18-13-17(20)19(18)11-7-3-4-8-12-19/h5-6,9-10,14,18H,3-4,7-8,11-13H2,1-2H3. The average Bonchev–Trinajstić information content (AvgIpc) is 2.75. The summed E-state index contributed by atoms with van der Waals surface area (Å²) < 4.78 is 6.34. The van der Waals surface area contributed by atoms with E-state index in [9.17, 15) is 4.79 Å². The summed E-state index contributed by atoms with van der Waals surface area (Å²) in [4.78, 5) is 12.3. The molecule has 21 heavy (non-hydrogen) atoms. The lowest BCUT2D eigenvalue weighted by molar-refractivity contribution is -0.154. The van der Waals surface area contributed by atoms with Gasteiger partial charge >= 0.3 is 0 Å². The van der Waals surface area contributed by atoms with E-state index in [1.165, 1.54) is 31.2 Å². The van der Waals surface area contributed by atoms with Gasteiger partial charge < -0.3 is 4.74 Å². The number of carbonyl (C=O) groups is 1. The van der Waals surface area contributed by atoms with Crippen LogP contribution in [0.15, 0.2) is 24.3 Å². The Hall–Kier alpha value is -1.31. The molecule has 2 aliphatic rings. The number of hydrogen-bond acceptors (Lipinski definition) is 2. The van der Waals surface area contributed by atoms with Crippen molar-refractivity contribution in [2.24, 2.45) is 5.41 Å². The maximum Gasteiger partial charge on any atom is 0.146 e. The van der Waals surface area contributed by atoms with Crippen LogP contribution in [0, 0.1) is 5.41 Å². The minimum absolute atomic E-state index is 0.1000. The molecule has 1 spiro atoms. The van der Waals surface area contributed by atoms with Gasteiger partial charge in [0.25, 0.3) is 0 Å². The Morgan fingerprint density at radius 1 is 1.10 bits per heavy atom. The Kier molecular flexibility index (Phi) is 4.05. The van der Waals surface area contributed by atoms with Crippen LogP contribution in [-0.4, -0.2) is 11.9 Å². The van der Waals surface area contributed by atoms with Crippen molar-refractivity contribution >= 4 is 5.78 Å². The van der Waals surface area contributed by atoms with Crippen molar-refractivity contribution in [1.82, 2.24) is 0 Å².